The number of amides is 1. The highest BCUT2D eigenvalue weighted by atomic mass is 16.4. The van der Waals surface area contributed by atoms with Gasteiger partial charge in [-0.1, -0.05) is 0 Å². The highest BCUT2D eigenvalue weighted by molar-refractivity contribution is 5.91. The van der Waals surface area contributed by atoms with Gasteiger partial charge in [-0.05, 0) is 31.9 Å². The number of rotatable bonds is 2. The maximum atomic E-state index is 11.9. The highest BCUT2D eigenvalue weighted by Gasteiger charge is 2.22. The lowest BCUT2D eigenvalue weighted by Crippen LogP contribution is -2.27. The number of nitrogens with two attached hydrogens (primary N) is 1. The van der Waals surface area contributed by atoms with Crippen LogP contribution in [0.15, 0.2) is 16.5 Å². The van der Waals surface area contributed by atoms with E-state index in [-0.39, 0.29) is 11.9 Å². The molecule has 0 aliphatic carbocycles. The SMILES string of the molecule is CC(N)c1ccc(C(=O)N2CCCC2)o1. The Bertz CT molecular complexity index is 351. The Morgan fingerprint density at radius 1 is 1.47 bits per heavy atom. The summed E-state index contributed by atoms with van der Waals surface area (Å²) in [5, 5.41) is 0. The third kappa shape index (κ3) is 2.04. The number of carbonyl (C=O) groups excluding carboxylic acids is 1. The lowest BCUT2D eigenvalue weighted by molar-refractivity contribution is 0.0759. The molecule has 0 aromatic carbocycles. The van der Waals surface area contributed by atoms with Gasteiger partial charge in [0.2, 0.25) is 0 Å². The summed E-state index contributed by atoms with van der Waals surface area (Å²) >= 11 is 0. The number of carbonyl (C=O) groups is 1. The Hall–Kier alpha value is -1.29. The Labute approximate surface area is 89.0 Å². The lowest BCUT2D eigenvalue weighted by atomic mass is 10.3. The average molecular weight is 208 g/mol. The molecule has 1 unspecified atom stereocenters. The van der Waals surface area contributed by atoms with Gasteiger partial charge >= 0.3 is 0 Å². The van der Waals surface area contributed by atoms with Crippen molar-refractivity contribution < 1.29 is 9.21 Å². The van der Waals surface area contributed by atoms with Crippen molar-refractivity contribution in [3.63, 3.8) is 0 Å². The molecule has 1 aromatic rings. The first-order valence-corrected chi connectivity index (χ1v) is 5.33. The van der Waals surface area contributed by atoms with Crippen molar-refractivity contribution in [1.29, 1.82) is 0 Å². The third-order valence-electron chi connectivity index (χ3n) is 2.68. The van der Waals surface area contributed by atoms with Crippen molar-refractivity contribution in [1.82, 2.24) is 4.90 Å². The number of nitrogens with zero attached hydrogens (tertiary/aromatic N) is 1. The van der Waals surface area contributed by atoms with Gasteiger partial charge in [-0.25, -0.2) is 0 Å². The summed E-state index contributed by atoms with van der Waals surface area (Å²) in [7, 11) is 0. The van der Waals surface area contributed by atoms with Crippen LogP contribution in [0.3, 0.4) is 0 Å². The Balaban J connectivity index is 2.11. The molecule has 1 amide bonds. The summed E-state index contributed by atoms with van der Waals surface area (Å²) in [6, 6.07) is 3.32. The quantitative estimate of drug-likeness (QED) is 0.801. The van der Waals surface area contributed by atoms with Crippen LogP contribution in [0.1, 0.15) is 42.1 Å². The molecule has 2 rings (SSSR count). The topological polar surface area (TPSA) is 59.5 Å². The highest BCUT2D eigenvalue weighted by Crippen LogP contribution is 2.18. The summed E-state index contributed by atoms with van der Waals surface area (Å²) in [6.07, 6.45) is 2.18. The van der Waals surface area contributed by atoms with Crippen LogP contribution in [0, 0.1) is 0 Å². The van der Waals surface area contributed by atoms with Crippen molar-refractivity contribution in [2.45, 2.75) is 25.8 Å². The predicted octanol–water partition coefficient (Wildman–Crippen LogP) is 1.54. The molecule has 1 saturated heterocycles. The van der Waals surface area contributed by atoms with Crippen LogP contribution >= 0.6 is 0 Å². The van der Waals surface area contributed by atoms with Gasteiger partial charge in [-0.2, -0.15) is 0 Å². The van der Waals surface area contributed by atoms with Crippen molar-refractivity contribution in [3.8, 4) is 0 Å². The number of hydrogen-bond acceptors (Lipinski definition) is 3. The minimum Gasteiger partial charge on any atom is -0.454 e. The van der Waals surface area contributed by atoms with E-state index in [1.807, 2.05) is 11.8 Å². The van der Waals surface area contributed by atoms with Gasteiger partial charge in [0.25, 0.3) is 5.91 Å². The van der Waals surface area contributed by atoms with E-state index in [0.717, 1.165) is 25.9 Å². The normalized spacial score (nSPS) is 18.1. The fourth-order valence-electron chi connectivity index (χ4n) is 1.79. The summed E-state index contributed by atoms with van der Waals surface area (Å²) in [5.41, 5.74) is 5.66. The number of hydrogen-bond donors (Lipinski definition) is 1. The van der Waals surface area contributed by atoms with Crippen molar-refractivity contribution in [2.24, 2.45) is 5.73 Å². The first kappa shape index (κ1) is 10.2. The van der Waals surface area contributed by atoms with Gasteiger partial charge in [-0.3, -0.25) is 4.79 Å². The van der Waals surface area contributed by atoms with Gasteiger partial charge < -0.3 is 15.1 Å². The van der Waals surface area contributed by atoms with E-state index in [1.54, 1.807) is 12.1 Å². The smallest absolute Gasteiger partial charge is 0.289 e. The van der Waals surface area contributed by atoms with Crippen LogP contribution in [0.4, 0.5) is 0 Å². The van der Waals surface area contributed by atoms with Gasteiger partial charge in [0, 0.05) is 13.1 Å². The summed E-state index contributed by atoms with van der Waals surface area (Å²) in [6.45, 7) is 3.52. The lowest BCUT2D eigenvalue weighted by Gasteiger charge is -2.12. The molecule has 1 atom stereocenters. The van der Waals surface area contributed by atoms with Gasteiger partial charge in [0.15, 0.2) is 5.76 Å². The molecule has 0 saturated carbocycles. The van der Waals surface area contributed by atoms with Crippen LogP contribution < -0.4 is 5.73 Å². The van der Waals surface area contributed by atoms with Crippen molar-refractivity contribution in [2.75, 3.05) is 13.1 Å². The Morgan fingerprint density at radius 3 is 2.67 bits per heavy atom. The maximum Gasteiger partial charge on any atom is 0.289 e. The average Bonchev–Trinajstić information content (AvgIpc) is 2.88. The fourth-order valence-corrected chi connectivity index (χ4v) is 1.79. The molecule has 1 aliphatic heterocycles. The third-order valence-corrected chi connectivity index (χ3v) is 2.68. The van der Waals surface area contributed by atoms with Crippen LogP contribution in [-0.4, -0.2) is 23.9 Å². The van der Waals surface area contributed by atoms with Gasteiger partial charge in [0.05, 0.1) is 6.04 Å². The monoisotopic (exact) mass is 208 g/mol. The molecule has 0 radical (unpaired) electrons. The zero-order chi connectivity index (χ0) is 10.8. The molecule has 4 heteroatoms. The molecule has 2 N–H and O–H groups in total. The molecule has 82 valence electrons. The van der Waals surface area contributed by atoms with E-state index < -0.39 is 0 Å². The molecule has 1 fully saturated rings. The maximum absolute atomic E-state index is 11.9. The van der Waals surface area contributed by atoms with E-state index >= 15 is 0 Å². The minimum absolute atomic E-state index is 0.0144. The largest absolute Gasteiger partial charge is 0.454 e. The second-order valence-electron chi connectivity index (χ2n) is 3.99. The van der Waals surface area contributed by atoms with E-state index in [1.165, 1.54) is 0 Å². The predicted molar refractivity (Wildman–Crippen MR) is 56.4 cm³/mol. The number of furan rings is 1. The summed E-state index contributed by atoms with van der Waals surface area (Å²) in [4.78, 5) is 13.7. The zero-order valence-electron chi connectivity index (χ0n) is 8.90. The van der Waals surface area contributed by atoms with E-state index in [9.17, 15) is 4.79 Å². The van der Waals surface area contributed by atoms with Gasteiger partial charge in [-0.15, -0.1) is 0 Å². The van der Waals surface area contributed by atoms with E-state index in [4.69, 9.17) is 10.2 Å². The molecule has 0 spiro atoms. The van der Waals surface area contributed by atoms with Crippen LogP contribution in [-0.2, 0) is 0 Å². The second-order valence-corrected chi connectivity index (χ2v) is 3.99. The minimum atomic E-state index is -0.162. The summed E-state index contributed by atoms with van der Waals surface area (Å²) < 4.78 is 5.40. The molecule has 2 heterocycles. The first-order valence-electron chi connectivity index (χ1n) is 5.33. The Morgan fingerprint density at radius 2 is 2.13 bits per heavy atom. The molecule has 1 aliphatic rings. The molecule has 0 bridgehead atoms. The number of likely N-dealkylation sites (tertiary alicyclic amines) is 1. The van der Waals surface area contributed by atoms with Gasteiger partial charge in [0.1, 0.15) is 5.76 Å². The first-order chi connectivity index (χ1) is 7.18. The van der Waals surface area contributed by atoms with Crippen molar-refractivity contribution in [3.05, 3.63) is 23.7 Å². The fraction of sp³-hybridized carbons (Fsp3) is 0.545. The van der Waals surface area contributed by atoms with E-state index in [2.05, 4.69) is 0 Å². The molecule has 4 nitrogen and oxygen atoms in total. The standard InChI is InChI=1S/C11H16N2O2/c1-8(12)9-4-5-10(15-9)11(14)13-6-2-3-7-13/h4-5,8H,2-3,6-7,12H2,1H3. The molecular formula is C11H16N2O2. The van der Waals surface area contributed by atoms with Crippen LogP contribution in [0.25, 0.3) is 0 Å². The zero-order valence-corrected chi connectivity index (χ0v) is 8.90. The molecule has 15 heavy (non-hydrogen) atoms. The van der Waals surface area contributed by atoms with E-state index in [0.29, 0.717) is 11.5 Å². The molecular weight excluding hydrogens is 192 g/mol. The molecule has 1 aromatic heterocycles. The summed E-state index contributed by atoms with van der Waals surface area (Å²) in [5.74, 6) is 1.06. The van der Waals surface area contributed by atoms with Crippen LogP contribution in [0.5, 0.6) is 0 Å². The van der Waals surface area contributed by atoms with Crippen LogP contribution in [0.2, 0.25) is 0 Å². The Kier molecular flexibility index (Phi) is 2.77. The second kappa shape index (κ2) is 4.06. The van der Waals surface area contributed by atoms with Crippen molar-refractivity contribution >= 4 is 5.91 Å².